The van der Waals surface area contributed by atoms with Gasteiger partial charge in [0.2, 0.25) is 0 Å². The van der Waals surface area contributed by atoms with E-state index >= 15 is 0 Å². The normalized spacial score (nSPS) is 11.6. The van der Waals surface area contributed by atoms with Crippen LogP contribution in [-0.4, -0.2) is 22.0 Å². The molecule has 4 nitrogen and oxygen atoms in total. The first-order valence-corrected chi connectivity index (χ1v) is 5.43. The first-order valence-electron chi connectivity index (χ1n) is 5.43. The number of carbonyl (C=O) groups is 1. The van der Waals surface area contributed by atoms with Gasteiger partial charge in [0.25, 0.3) is 0 Å². The first kappa shape index (κ1) is 28.5. The monoisotopic (exact) mass is 526 g/mol. The van der Waals surface area contributed by atoms with E-state index < -0.39 is 0 Å². The summed E-state index contributed by atoms with van der Waals surface area (Å²) in [5.74, 6) is 0.639. The SMILES string of the molecule is C.C.CC(=O)OC1CCC1.Cc1c[c-]nc(C)n1.[W].[Y]. The molecule has 1 aromatic heterocycles. The van der Waals surface area contributed by atoms with Gasteiger partial charge in [0, 0.05) is 66.5 Å². The van der Waals surface area contributed by atoms with Crippen LogP contribution in [0.15, 0.2) is 6.07 Å². The molecule has 113 valence electrons. The summed E-state index contributed by atoms with van der Waals surface area (Å²) in [6.07, 6.45) is 6.33. The molecule has 20 heavy (non-hydrogen) atoms. The van der Waals surface area contributed by atoms with Crippen LogP contribution in [0.25, 0.3) is 0 Å². The van der Waals surface area contributed by atoms with Gasteiger partial charge in [0.15, 0.2) is 0 Å². The van der Waals surface area contributed by atoms with Gasteiger partial charge in [0.05, 0.1) is 0 Å². The van der Waals surface area contributed by atoms with E-state index in [1.807, 2.05) is 13.8 Å². The van der Waals surface area contributed by atoms with E-state index in [2.05, 4.69) is 16.2 Å². The zero-order valence-electron chi connectivity index (χ0n) is 11.0. The van der Waals surface area contributed by atoms with Crippen LogP contribution in [0.1, 0.15) is 52.6 Å². The Bertz CT molecular complexity index is 344. The van der Waals surface area contributed by atoms with Gasteiger partial charge in [-0.2, -0.15) is 0 Å². The van der Waals surface area contributed by atoms with Gasteiger partial charge >= 0.3 is 5.97 Å². The largest absolute Gasteiger partial charge is 0.463 e. The van der Waals surface area contributed by atoms with Crippen LogP contribution in [0.4, 0.5) is 0 Å². The molecule has 0 saturated heterocycles. The summed E-state index contributed by atoms with van der Waals surface area (Å²) in [7, 11) is 0. The minimum Gasteiger partial charge on any atom is -0.463 e. The predicted octanol–water partition coefficient (Wildman–Crippen LogP) is 3.26. The molecule has 1 heterocycles. The number of ether oxygens (including phenoxy) is 1. The van der Waals surface area contributed by atoms with Crippen molar-refractivity contribution in [2.24, 2.45) is 0 Å². The summed E-state index contributed by atoms with van der Waals surface area (Å²) in [6, 6.07) is 1.76. The Hall–Kier alpha value is 0.342. The molecule has 0 bridgehead atoms. The van der Waals surface area contributed by atoms with E-state index in [0.717, 1.165) is 24.4 Å². The second-order valence-electron chi connectivity index (χ2n) is 3.85. The van der Waals surface area contributed by atoms with Crippen molar-refractivity contribution in [3.8, 4) is 0 Å². The minimum atomic E-state index is -0.144. The van der Waals surface area contributed by atoms with E-state index in [4.69, 9.17) is 4.74 Å². The van der Waals surface area contributed by atoms with E-state index in [-0.39, 0.29) is 80.7 Å². The van der Waals surface area contributed by atoms with Crippen molar-refractivity contribution < 1.29 is 63.3 Å². The van der Waals surface area contributed by atoms with Crippen LogP contribution in [0.3, 0.4) is 0 Å². The summed E-state index contributed by atoms with van der Waals surface area (Å²) < 4.78 is 4.85. The number of rotatable bonds is 1. The van der Waals surface area contributed by atoms with E-state index in [1.54, 1.807) is 6.07 Å². The summed E-state index contributed by atoms with van der Waals surface area (Å²) >= 11 is 0. The van der Waals surface area contributed by atoms with Gasteiger partial charge in [0.1, 0.15) is 6.10 Å². The van der Waals surface area contributed by atoms with Gasteiger partial charge in [-0.15, -0.1) is 6.07 Å². The number of nitrogens with zero attached hydrogens (tertiary/aromatic N) is 2. The molecule has 0 unspecified atom stereocenters. The molecule has 1 radical (unpaired) electrons. The molecule has 0 amide bonds. The van der Waals surface area contributed by atoms with Gasteiger partial charge in [-0.05, 0) is 19.3 Å². The maximum absolute atomic E-state index is 10.2. The molecular formula is C14H25N2O2WY-. The Morgan fingerprint density at radius 1 is 1.35 bits per heavy atom. The van der Waals surface area contributed by atoms with Crippen LogP contribution >= 0.6 is 0 Å². The number of aryl methyl sites for hydroxylation is 2. The molecule has 1 aliphatic carbocycles. The average Bonchev–Trinajstić information content (AvgIpc) is 2.12. The third-order valence-electron chi connectivity index (χ3n) is 2.22. The number of hydrogen-bond donors (Lipinski definition) is 0. The van der Waals surface area contributed by atoms with Crippen molar-refractivity contribution in [3.05, 3.63) is 23.8 Å². The van der Waals surface area contributed by atoms with Gasteiger partial charge in [-0.1, -0.05) is 40.6 Å². The smallest absolute Gasteiger partial charge is 0.302 e. The molecular weight excluding hydrogens is 501 g/mol. The van der Waals surface area contributed by atoms with Crippen molar-refractivity contribution in [3.63, 3.8) is 0 Å². The maximum Gasteiger partial charge on any atom is 0.302 e. The topological polar surface area (TPSA) is 52.1 Å². The van der Waals surface area contributed by atoms with E-state index in [0.29, 0.717) is 0 Å². The Kier molecular flexibility index (Phi) is 22.4. The minimum absolute atomic E-state index is 0. The summed E-state index contributed by atoms with van der Waals surface area (Å²) in [5.41, 5.74) is 0.970. The number of carbonyl (C=O) groups excluding carboxylic acids is 1. The van der Waals surface area contributed by atoms with E-state index in [9.17, 15) is 4.79 Å². The van der Waals surface area contributed by atoms with Crippen molar-refractivity contribution >= 4 is 5.97 Å². The Balaban J connectivity index is -0.000000107. The molecule has 0 spiro atoms. The van der Waals surface area contributed by atoms with Crippen molar-refractivity contribution in [2.45, 2.75) is 61.0 Å². The number of aromatic nitrogens is 2. The van der Waals surface area contributed by atoms with Crippen LogP contribution in [0, 0.1) is 20.0 Å². The van der Waals surface area contributed by atoms with Gasteiger partial charge in [-0.25, -0.2) is 0 Å². The average molecular weight is 526 g/mol. The molecule has 1 saturated carbocycles. The summed E-state index contributed by atoms with van der Waals surface area (Å²) in [5, 5.41) is 0. The molecule has 1 aromatic rings. The standard InChI is InChI=1S/C6H7N2.C6H10O2.2CH4.W.Y/c1-5-3-4-7-6(2)8-5;1-5(7)8-6-3-2-4-6;;;;/h3H,1-2H3;6H,2-4H2,1H3;2*1H4;;/q-1;;;;;. The van der Waals surface area contributed by atoms with Crippen LogP contribution < -0.4 is 0 Å². The quantitative estimate of drug-likeness (QED) is 0.417. The zero-order chi connectivity index (χ0) is 12.0. The predicted molar refractivity (Wildman–Crippen MR) is 73.2 cm³/mol. The Labute approximate surface area is 163 Å². The van der Waals surface area contributed by atoms with Crippen LogP contribution in [0.2, 0.25) is 0 Å². The molecule has 1 aliphatic rings. The molecule has 6 heteroatoms. The fourth-order valence-corrected chi connectivity index (χ4v) is 1.25. The van der Waals surface area contributed by atoms with Crippen molar-refractivity contribution in [2.75, 3.05) is 0 Å². The third-order valence-corrected chi connectivity index (χ3v) is 2.22. The van der Waals surface area contributed by atoms with Crippen LogP contribution in [0.5, 0.6) is 0 Å². The van der Waals surface area contributed by atoms with Crippen molar-refractivity contribution in [1.29, 1.82) is 0 Å². The third kappa shape index (κ3) is 13.3. The molecule has 0 N–H and O–H groups in total. The maximum atomic E-state index is 10.2. The van der Waals surface area contributed by atoms with Crippen molar-refractivity contribution in [1.82, 2.24) is 9.97 Å². The van der Waals surface area contributed by atoms with Crippen LogP contribution in [-0.2, 0) is 63.3 Å². The molecule has 0 aliphatic heterocycles. The molecule has 1 fully saturated rings. The number of hydrogen-bond acceptors (Lipinski definition) is 4. The number of esters is 1. The summed E-state index contributed by atoms with van der Waals surface area (Å²) in [4.78, 5) is 18.1. The summed E-state index contributed by atoms with van der Waals surface area (Å²) in [6.45, 7) is 5.23. The van der Waals surface area contributed by atoms with E-state index in [1.165, 1.54) is 13.3 Å². The second kappa shape index (κ2) is 15.7. The second-order valence-corrected chi connectivity index (χ2v) is 3.85. The molecule has 2 rings (SSSR count). The fourth-order valence-electron chi connectivity index (χ4n) is 1.25. The fraction of sp³-hybridized carbons (Fsp3) is 0.643. The Morgan fingerprint density at radius 2 is 1.90 bits per heavy atom. The zero-order valence-corrected chi connectivity index (χ0v) is 16.7. The van der Waals surface area contributed by atoms with Gasteiger partial charge < -0.3 is 14.7 Å². The first-order chi connectivity index (χ1) is 7.58. The van der Waals surface area contributed by atoms with Gasteiger partial charge in [-0.3, -0.25) is 4.79 Å². The Morgan fingerprint density at radius 3 is 2.10 bits per heavy atom. The molecule has 0 aromatic carbocycles. The molecule has 0 atom stereocenters.